The first kappa shape index (κ1) is 17.2. The summed E-state index contributed by atoms with van der Waals surface area (Å²) in [6.45, 7) is 0. The summed E-state index contributed by atoms with van der Waals surface area (Å²) >= 11 is 1.40. The van der Waals surface area contributed by atoms with Crippen LogP contribution in [0.1, 0.15) is 27.2 Å². The second-order valence-corrected chi connectivity index (χ2v) is 6.66. The maximum absolute atomic E-state index is 12.3. The molecule has 2 aromatic carbocycles. The summed E-state index contributed by atoms with van der Waals surface area (Å²) in [6, 6.07) is 24.0. The molecule has 1 atom stereocenters. The fourth-order valence-electron chi connectivity index (χ4n) is 2.52. The lowest BCUT2D eigenvalue weighted by molar-refractivity contribution is 0.0388. The second kappa shape index (κ2) is 9.00. The van der Waals surface area contributed by atoms with Crippen LogP contribution in [0.25, 0.3) is 6.08 Å². The Labute approximate surface area is 152 Å². The highest BCUT2D eigenvalue weighted by Crippen LogP contribution is 2.16. The van der Waals surface area contributed by atoms with Crippen LogP contribution in [0, 0.1) is 0 Å². The van der Waals surface area contributed by atoms with Crippen molar-refractivity contribution in [1.29, 1.82) is 0 Å². The van der Waals surface area contributed by atoms with Gasteiger partial charge in [0, 0.05) is 0 Å². The van der Waals surface area contributed by atoms with E-state index in [0.29, 0.717) is 4.88 Å². The zero-order valence-corrected chi connectivity index (χ0v) is 14.7. The van der Waals surface area contributed by atoms with Crippen molar-refractivity contribution in [1.82, 2.24) is 0 Å². The molecule has 3 heteroatoms. The predicted molar refractivity (Wildman–Crippen MR) is 104 cm³/mol. The Hall–Kier alpha value is -2.65. The fourth-order valence-corrected chi connectivity index (χ4v) is 3.13. The van der Waals surface area contributed by atoms with Crippen molar-refractivity contribution in [3.8, 4) is 0 Å². The molecule has 0 bridgehead atoms. The van der Waals surface area contributed by atoms with Crippen LogP contribution in [-0.2, 0) is 11.2 Å². The molecule has 3 rings (SSSR count). The minimum Gasteiger partial charge on any atom is -0.454 e. The number of carbonyl (C=O) groups excluding carboxylic acids is 1. The van der Waals surface area contributed by atoms with Gasteiger partial charge in [-0.1, -0.05) is 72.8 Å². The molecule has 0 aliphatic carbocycles. The van der Waals surface area contributed by atoms with Gasteiger partial charge in [0.1, 0.15) is 11.0 Å². The van der Waals surface area contributed by atoms with E-state index in [0.717, 1.165) is 18.4 Å². The van der Waals surface area contributed by atoms with E-state index < -0.39 is 0 Å². The topological polar surface area (TPSA) is 26.3 Å². The van der Waals surface area contributed by atoms with Gasteiger partial charge in [0.2, 0.25) is 0 Å². The number of carbonyl (C=O) groups is 1. The van der Waals surface area contributed by atoms with E-state index in [9.17, 15) is 4.79 Å². The van der Waals surface area contributed by atoms with Crippen molar-refractivity contribution < 1.29 is 9.53 Å². The largest absolute Gasteiger partial charge is 0.454 e. The predicted octanol–water partition coefficient (Wildman–Crippen LogP) is 5.62. The van der Waals surface area contributed by atoms with E-state index in [1.165, 1.54) is 16.9 Å². The Bertz CT molecular complexity index is 793. The van der Waals surface area contributed by atoms with Crippen LogP contribution in [-0.4, -0.2) is 12.1 Å². The van der Waals surface area contributed by atoms with E-state index in [1.807, 2.05) is 72.1 Å². The zero-order valence-electron chi connectivity index (χ0n) is 13.9. The molecule has 0 spiro atoms. The van der Waals surface area contributed by atoms with Gasteiger partial charge in [-0.05, 0) is 41.5 Å². The molecule has 0 saturated heterocycles. The molecule has 3 aromatic rings. The molecule has 1 heterocycles. The Balaban J connectivity index is 1.68. The molecule has 2 nitrogen and oxygen atoms in total. The lowest BCUT2D eigenvalue weighted by Gasteiger charge is -2.14. The summed E-state index contributed by atoms with van der Waals surface area (Å²) in [4.78, 5) is 12.9. The molecule has 0 saturated carbocycles. The molecule has 25 heavy (non-hydrogen) atoms. The van der Waals surface area contributed by atoms with E-state index in [2.05, 4.69) is 12.1 Å². The van der Waals surface area contributed by atoms with Gasteiger partial charge in [0.25, 0.3) is 0 Å². The monoisotopic (exact) mass is 348 g/mol. The van der Waals surface area contributed by atoms with E-state index >= 15 is 0 Å². The number of hydrogen-bond acceptors (Lipinski definition) is 3. The Morgan fingerprint density at radius 2 is 1.68 bits per heavy atom. The molecule has 1 unspecified atom stereocenters. The normalized spacial score (nSPS) is 12.2. The molecule has 0 N–H and O–H groups in total. The molecule has 1 aromatic heterocycles. The molecular weight excluding hydrogens is 328 g/mol. The fraction of sp³-hybridized carbons (Fsp3) is 0.136. The lowest BCUT2D eigenvalue weighted by atomic mass is 10.1. The maximum Gasteiger partial charge on any atom is 0.348 e. The van der Waals surface area contributed by atoms with Crippen LogP contribution < -0.4 is 0 Å². The quantitative estimate of drug-likeness (QED) is 0.518. The van der Waals surface area contributed by atoms with Crippen molar-refractivity contribution >= 4 is 23.4 Å². The third kappa shape index (κ3) is 5.44. The van der Waals surface area contributed by atoms with Crippen molar-refractivity contribution in [2.75, 3.05) is 0 Å². The lowest BCUT2D eigenvalue weighted by Crippen LogP contribution is -2.16. The van der Waals surface area contributed by atoms with Crippen LogP contribution in [0.4, 0.5) is 0 Å². The molecule has 0 aliphatic rings. The van der Waals surface area contributed by atoms with Crippen molar-refractivity contribution in [2.24, 2.45) is 0 Å². The van der Waals surface area contributed by atoms with Crippen LogP contribution in [0.2, 0.25) is 0 Å². The van der Waals surface area contributed by atoms with Gasteiger partial charge in [0.05, 0.1) is 0 Å². The maximum atomic E-state index is 12.3. The number of benzene rings is 2. The number of ether oxygens (including phenoxy) is 1. The first-order valence-electron chi connectivity index (χ1n) is 8.33. The van der Waals surface area contributed by atoms with Crippen LogP contribution in [0.15, 0.2) is 84.3 Å². The van der Waals surface area contributed by atoms with Crippen molar-refractivity contribution in [3.05, 3.63) is 100 Å². The third-order valence-electron chi connectivity index (χ3n) is 3.84. The first-order valence-corrected chi connectivity index (χ1v) is 9.21. The smallest absolute Gasteiger partial charge is 0.348 e. The van der Waals surface area contributed by atoms with Crippen molar-refractivity contribution in [2.45, 2.75) is 18.9 Å². The minimum absolute atomic E-state index is 0.255. The summed E-state index contributed by atoms with van der Waals surface area (Å²) in [5, 5.41) is 1.88. The summed E-state index contributed by atoms with van der Waals surface area (Å²) in [6.07, 6.45) is 5.35. The highest BCUT2D eigenvalue weighted by molar-refractivity contribution is 7.11. The van der Waals surface area contributed by atoms with E-state index in [-0.39, 0.29) is 12.1 Å². The summed E-state index contributed by atoms with van der Waals surface area (Å²) in [5.41, 5.74) is 2.34. The number of aryl methyl sites for hydroxylation is 1. The van der Waals surface area contributed by atoms with Gasteiger partial charge in [-0.15, -0.1) is 11.3 Å². The van der Waals surface area contributed by atoms with Crippen LogP contribution >= 0.6 is 11.3 Å². The average Bonchev–Trinajstić information content (AvgIpc) is 3.20. The molecule has 0 fully saturated rings. The van der Waals surface area contributed by atoms with Crippen molar-refractivity contribution in [3.63, 3.8) is 0 Å². The van der Waals surface area contributed by atoms with E-state index in [1.54, 1.807) is 6.07 Å². The van der Waals surface area contributed by atoms with Gasteiger partial charge >= 0.3 is 5.97 Å². The Morgan fingerprint density at radius 1 is 0.960 bits per heavy atom. The highest BCUT2D eigenvalue weighted by Gasteiger charge is 2.14. The summed E-state index contributed by atoms with van der Waals surface area (Å²) < 4.78 is 5.72. The zero-order chi connectivity index (χ0) is 17.3. The van der Waals surface area contributed by atoms with Crippen LogP contribution in [0.5, 0.6) is 0 Å². The number of thiophene rings is 1. The number of hydrogen-bond donors (Lipinski definition) is 0. The SMILES string of the molecule is O=C(OC(/C=C/c1ccccc1)CCc1ccccc1)c1cccs1. The molecular formula is C22H20O2S. The van der Waals surface area contributed by atoms with Gasteiger partial charge in [-0.3, -0.25) is 0 Å². The van der Waals surface area contributed by atoms with Gasteiger partial charge in [-0.2, -0.15) is 0 Å². The third-order valence-corrected chi connectivity index (χ3v) is 4.69. The van der Waals surface area contributed by atoms with E-state index in [4.69, 9.17) is 4.74 Å². The summed E-state index contributed by atoms with van der Waals surface area (Å²) in [5.74, 6) is -0.259. The Morgan fingerprint density at radius 3 is 2.36 bits per heavy atom. The average molecular weight is 348 g/mol. The standard InChI is InChI=1S/C22H20O2S/c23-22(21-12-7-17-25-21)24-20(15-13-18-8-3-1-4-9-18)16-14-19-10-5-2-6-11-19/h1-13,15,17,20H,14,16H2/b15-13+. The second-order valence-electron chi connectivity index (χ2n) is 5.72. The molecule has 0 radical (unpaired) electrons. The number of rotatable bonds is 7. The van der Waals surface area contributed by atoms with Gasteiger partial charge in [-0.25, -0.2) is 4.79 Å². The van der Waals surface area contributed by atoms with Crippen LogP contribution in [0.3, 0.4) is 0 Å². The highest BCUT2D eigenvalue weighted by atomic mass is 32.1. The van der Waals surface area contributed by atoms with Gasteiger partial charge in [0.15, 0.2) is 0 Å². The Kier molecular flexibility index (Phi) is 6.18. The molecule has 0 amide bonds. The number of esters is 1. The minimum atomic E-state index is -0.259. The molecule has 126 valence electrons. The summed E-state index contributed by atoms with van der Waals surface area (Å²) in [7, 11) is 0. The molecule has 0 aliphatic heterocycles. The first-order chi connectivity index (χ1) is 12.3. The van der Waals surface area contributed by atoms with Gasteiger partial charge < -0.3 is 4.74 Å².